The van der Waals surface area contributed by atoms with Crippen LogP contribution in [0.15, 0.2) is 42.5 Å². The second-order valence-electron chi connectivity index (χ2n) is 4.27. The number of nitrogens with zero attached hydrogens (tertiary/aromatic N) is 1. The van der Waals surface area contributed by atoms with Gasteiger partial charge in [-0.05, 0) is 35.4 Å². The molecule has 2 rings (SSSR count). The van der Waals surface area contributed by atoms with E-state index in [1.807, 2.05) is 18.2 Å². The van der Waals surface area contributed by atoms with Crippen molar-refractivity contribution in [1.29, 1.82) is 0 Å². The van der Waals surface area contributed by atoms with Crippen molar-refractivity contribution in [2.45, 2.75) is 13.2 Å². The molecule has 6 heteroatoms. The molecular weight excluding hydrogens is 280 g/mol. The highest BCUT2D eigenvalue weighted by Gasteiger charge is 2.10. The maximum atomic E-state index is 10.6. The van der Waals surface area contributed by atoms with E-state index in [1.54, 1.807) is 18.2 Å². The summed E-state index contributed by atoms with van der Waals surface area (Å²) in [6, 6.07) is 11.9. The van der Waals surface area contributed by atoms with E-state index in [2.05, 4.69) is 0 Å². The number of ether oxygens (including phenoxy) is 1. The van der Waals surface area contributed by atoms with Crippen molar-refractivity contribution in [1.82, 2.24) is 0 Å². The van der Waals surface area contributed by atoms with E-state index >= 15 is 0 Å². The van der Waals surface area contributed by atoms with Gasteiger partial charge in [0.15, 0.2) is 0 Å². The zero-order valence-electron chi connectivity index (χ0n) is 10.6. The molecule has 0 unspecified atom stereocenters. The molecule has 0 saturated heterocycles. The summed E-state index contributed by atoms with van der Waals surface area (Å²) in [5.41, 5.74) is 7.41. The van der Waals surface area contributed by atoms with Crippen LogP contribution in [-0.4, -0.2) is 4.92 Å². The molecule has 0 spiro atoms. The number of benzene rings is 2. The molecule has 104 valence electrons. The van der Waals surface area contributed by atoms with E-state index in [9.17, 15) is 10.1 Å². The first-order valence-electron chi connectivity index (χ1n) is 5.91. The van der Waals surface area contributed by atoms with Gasteiger partial charge in [-0.1, -0.05) is 23.7 Å². The normalized spacial score (nSPS) is 10.4. The standard InChI is InChI=1S/C14H13ClN2O3/c15-12-3-1-2-10(6-12)8-20-9-11-4-5-14(17(18)19)13(16)7-11/h1-7H,8-9,16H2. The summed E-state index contributed by atoms with van der Waals surface area (Å²) in [5.74, 6) is 0. The van der Waals surface area contributed by atoms with Gasteiger partial charge in [-0.25, -0.2) is 0 Å². The fraction of sp³-hybridized carbons (Fsp3) is 0.143. The predicted molar refractivity (Wildman–Crippen MR) is 77.5 cm³/mol. The Labute approximate surface area is 121 Å². The molecule has 0 fully saturated rings. The van der Waals surface area contributed by atoms with Crippen LogP contribution in [0.2, 0.25) is 5.02 Å². The van der Waals surface area contributed by atoms with Gasteiger partial charge in [0, 0.05) is 11.1 Å². The molecule has 0 aliphatic rings. The quantitative estimate of drug-likeness (QED) is 0.519. The highest BCUT2D eigenvalue weighted by molar-refractivity contribution is 6.30. The lowest BCUT2D eigenvalue weighted by atomic mass is 10.2. The van der Waals surface area contributed by atoms with Crippen LogP contribution in [0.1, 0.15) is 11.1 Å². The highest BCUT2D eigenvalue weighted by atomic mass is 35.5. The largest absolute Gasteiger partial charge is 0.393 e. The molecule has 0 aromatic heterocycles. The van der Waals surface area contributed by atoms with Gasteiger partial charge in [0.2, 0.25) is 0 Å². The predicted octanol–water partition coefficient (Wildman–Crippen LogP) is 3.55. The van der Waals surface area contributed by atoms with Gasteiger partial charge < -0.3 is 10.5 Å². The second-order valence-corrected chi connectivity index (χ2v) is 4.71. The van der Waals surface area contributed by atoms with Crippen LogP contribution in [0.4, 0.5) is 11.4 Å². The highest BCUT2D eigenvalue weighted by Crippen LogP contribution is 2.22. The number of halogens is 1. The van der Waals surface area contributed by atoms with Gasteiger partial charge >= 0.3 is 0 Å². The summed E-state index contributed by atoms with van der Waals surface area (Å²) in [4.78, 5) is 10.1. The summed E-state index contributed by atoms with van der Waals surface area (Å²) in [7, 11) is 0. The van der Waals surface area contributed by atoms with Crippen molar-refractivity contribution in [3.63, 3.8) is 0 Å². The third-order valence-corrected chi connectivity index (χ3v) is 2.95. The Bertz CT molecular complexity index is 632. The van der Waals surface area contributed by atoms with Crippen LogP contribution in [0.25, 0.3) is 0 Å². The van der Waals surface area contributed by atoms with Gasteiger partial charge in [0.25, 0.3) is 5.69 Å². The Morgan fingerprint density at radius 1 is 1.15 bits per heavy atom. The minimum atomic E-state index is -0.508. The van der Waals surface area contributed by atoms with E-state index < -0.39 is 4.92 Å². The Morgan fingerprint density at radius 2 is 1.85 bits per heavy atom. The summed E-state index contributed by atoms with van der Waals surface area (Å²) < 4.78 is 5.53. The minimum Gasteiger partial charge on any atom is -0.393 e. The number of rotatable bonds is 5. The summed E-state index contributed by atoms with van der Waals surface area (Å²) in [6.45, 7) is 0.742. The monoisotopic (exact) mass is 292 g/mol. The lowest BCUT2D eigenvalue weighted by Gasteiger charge is -2.06. The first-order valence-corrected chi connectivity index (χ1v) is 6.29. The Balaban J connectivity index is 1.94. The molecular formula is C14H13ClN2O3. The molecule has 0 bridgehead atoms. The molecule has 2 aromatic rings. The summed E-state index contributed by atoms with van der Waals surface area (Å²) >= 11 is 5.87. The third kappa shape index (κ3) is 3.69. The van der Waals surface area contributed by atoms with Gasteiger partial charge in [-0.2, -0.15) is 0 Å². The van der Waals surface area contributed by atoms with Crippen molar-refractivity contribution >= 4 is 23.0 Å². The zero-order valence-corrected chi connectivity index (χ0v) is 11.3. The van der Waals surface area contributed by atoms with E-state index in [0.29, 0.717) is 18.2 Å². The molecule has 0 amide bonds. The van der Waals surface area contributed by atoms with Crippen LogP contribution >= 0.6 is 11.6 Å². The van der Waals surface area contributed by atoms with E-state index in [0.717, 1.165) is 11.1 Å². The second kappa shape index (κ2) is 6.36. The van der Waals surface area contributed by atoms with Crippen LogP contribution in [-0.2, 0) is 18.0 Å². The van der Waals surface area contributed by atoms with Gasteiger partial charge in [0.1, 0.15) is 5.69 Å². The number of anilines is 1. The molecule has 0 heterocycles. The van der Waals surface area contributed by atoms with Crippen LogP contribution < -0.4 is 5.73 Å². The maximum Gasteiger partial charge on any atom is 0.292 e. The molecule has 0 aliphatic carbocycles. The van der Waals surface area contributed by atoms with Crippen molar-refractivity contribution in [3.05, 3.63) is 68.7 Å². The SMILES string of the molecule is Nc1cc(COCc2cccc(Cl)c2)ccc1[N+](=O)[O-]. The molecule has 0 aliphatic heterocycles. The molecule has 20 heavy (non-hydrogen) atoms. The van der Waals surface area contributed by atoms with Crippen LogP contribution in [0.5, 0.6) is 0 Å². The maximum absolute atomic E-state index is 10.6. The van der Waals surface area contributed by atoms with E-state index in [1.165, 1.54) is 6.07 Å². The van der Waals surface area contributed by atoms with Crippen LogP contribution in [0, 0.1) is 10.1 Å². The molecule has 0 radical (unpaired) electrons. The Morgan fingerprint density at radius 3 is 2.45 bits per heavy atom. The van der Waals surface area contributed by atoms with E-state index in [-0.39, 0.29) is 11.4 Å². The number of nitro benzene ring substituents is 1. The Hall–Kier alpha value is -2.11. The van der Waals surface area contributed by atoms with Crippen molar-refractivity contribution in [3.8, 4) is 0 Å². The summed E-state index contributed by atoms with van der Waals surface area (Å²) in [6.07, 6.45) is 0. The fourth-order valence-electron chi connectivity index (χ4n) is 1.77. The number of nitrogens with two attached hydrogens (primary N) is 1. The number of nitrogen functional groups attached to an aromatic ring is 1. The Kier molecular flexibility index (Phi) is 4.55. The zero-order chi connectivity index (χ0) is 14.5. The van der Waals surface area contributed by atoms with Crippen molar-refractivity contribution in [2.75, 3.05) is 5.73 Å². The van der Waals surface area contributed by atoms with Gasteiger partial charge in [0.05, 0.1) is 18.1 Å². The number of hydrogen-bond donors (Lipinski definition) is 1. The van der Waals surface area contributed by atoms with Crippen LogP contribution in [0.3, 0.4) is 0 Å². The lowest BCUT2D eigenvalue weighted by Crippen LogP contribution is -1.99. The fourth-order valence-corrected chi connectivity index (χ4v) is 1.99. The minimum absolute atomic E-state index is 0.0939. The topological polar surface area (TPSA) is 78.4 Å². The average molecular weight is 293 g/mol. The lowest BCUT2D eigenvalue weighted by molar-refractivity contribution is -0.383. The molecule has 0 saturated carbocycles. The molecule has 2 N–H and O–H groups in total. The smallest absolute Gasteiger partial charge is 0.292 e. The van der Waals surface area contributed by atoms with Gasteiger partial charge in [-0.15, -0.1) is 0 Å². The number of nitro groups is 1. The first-order chi connectivity index (χ1) is 9.56. The molecule has 5 nitrogen and oxygen atoms in total. The molecule has 0 atom stereocenters. The van der Waals surface area contributed by atoms with E-state index in [4.69, 9.17) is 22.1 Å². The first kappa shape index (κ1) is 14.3. The summed E-state index contributed by atoms with van der Waals surface area (Å²) in [5, 5.41) is 11.3. The average Bonchev–Trinajstić information content (AvgIpc) is 2.38. The van der Waals surface area contributed by atoms with Crippen molar-refractivity contribution < 1.29 is 9.66 Å². The molecule has 2 aromatic carbocycles. The van der Waals surface area contributed by atoms with Gasteiger partial charge in [-0.3, -0.25) is 10.1 Å². The number of hydrogen-bond acceptors (Lipinski definition) is 4. The van der Waals surface area contributed by atoms with Crippen molar-refractivity contribution in [2.24, 2.45) is 0 Å². The third-order valence-electron chi connectivity index (χ3n) is 2.72.